The van der Waals surface area contributed by atoms with Crippen molar-refractivity contribution in [3.8, 4) is 11.4 Å². The summed E-state index contributed by atoms with van der Waals surface area (Å²) in [6.07, 6.45) is 1.38. The first-order valence-electron chi connectivity index (χ1n) is 10.3. The lowest BCUT2D eigenvalue weighted by Crippen LogP contribution is -2.21. The molecule has 3 rings (SSSR count). The van der Waals surface area contributed by atoms with Gasteiger partial charge in [-0.2, -0.15) is 0 Å². The molecule has 0 aliphatic carbocycles. The fourth-order valence-corrected chi connectivity index (χ4v) is 4.26. The number of ether oxygens (including phenoxy) is 1. The number of thioether (sulfide) groups is 1. The molecule has 0 fully saturated rings. The number of halogens is 1. The lowest BCUT2D eigenvalue weighted by Gasteiger charge is -2.11. The van der Waals surface area contributed by atoms with Crippen molar-refractivity contribution in [1.82, 2.24) is 20.1 Å². The third-order valence-corrected chi connectivity index (χ3v) is 6.20. The number of Topliss-reactive ketones (excluding diaryl/α,β-unsaturated/α-hetero) is 1. The van der Waals surface area contributed by atoms with Gasteiger partial charge in [-0.1, -0.05) is 23.9 Å². The van der Waals surface area contributed by atoms with E-state index in [1.165, 1.54) is 18.7 Å². The van der Waals surface area contributed by atoms with Crippen LogP contribution in [0.4, 0.5) is 0 Å². The highest BCUT2D eigenvalue weighted by molar-refractivity contribution is 14.1. The van der Waals surface area contributed by atoms with Gasteiger partial charge in [0.15, 0.2) is 10.9 Å². The highest BCUT2D eigenvalue weighted by Crippen LogP contribution is 2.25. The van der Waals surface area contributed by atoms with Crippen LogP contribution in [0.15, 0.2) is 53.7 Å². The van der Waals surface area contributed by atoms with Gasteiger partial charge in [-0.05, 0) is 72.3 Å². The molecule has 0 radical (unpaired) electrons. The number of nitrogens with one attached hydrogen (secondary N) is 1. The SMILES string of the molecule is CCOc1ccc(-n2c(CCCNC(C)=O)nnc2SCC(=O)c2ccc(I)cc2)cc1. The van der Waals surface area contributed by atoms with Gasteiger partial charge in [-0.25, -0.2) is 0 Å². The van der Waals surface area contributed by atoms with E-state index in [1.807, 2.05) is 60.0 Å². The molecule has 0 aliphatic heterocycles. The zero-order valence-corrected chi connectivity index (χ0v) is 21.0. The maximum atomic E-state index is 12.6. The summed E-state index contributed by atoms with van der Waals surface area (Å²) in [6.45, 7) is 4.61. The fourth-order valence-electron chi connectivity index (χ4n) is 3.03. The Balaban J connectivity index is 1.78. The zero-order valence-electron chi connectivity index (χ0n) is 18.0. The molecule has 7 nitrogen and oxygen atoms in total. The van der Waals surface area contributed by atoms with Crippen LogP contribution in [0.3, 0.4) is 0 Å². The number of ketones is 1. The van der Waals surface area contributed by atoms with Crippen molar-refractivity contribution < 1.29 is 14.3 Å². The van der Waals surface area contributed by atoms with E-state index in [9.17, 15) is 9.59 Å². The van der Waals surface area contributed by atoms with Crippen LogP contribution in [0.1, 0.15) is 36.5 Å². The molecule has 32 heavy (non-hydrogen) atoms. The quantitative estimate of drug-likeness (QED) is 0.162. The van der Waals surface area contributed by atoms with Crippen molar-refractivity contribution in [2.45, 2.75) is 31.8 Å². The van der Waals surface area contributed by atoms with E-state index < -0.39 is 0 Å². The average Bonchev–Trinajstić information content (AvgIpc) is 3.19. The van der Waals surface area contributed by atoms with E-state index in [2.05, 4.69) is 38.1 Å². The second kappa shape index (κ2) is 12.0. The molecule has 1 heterocycles. The minimum absolute atomic E-state index is 0.0415. The Morgan fingerprint density at radius 3 is 2.47 bits per heavy atom. The van der Waals surface area contributed by atoms with Gasteiger partial charge in [0.05, 0.1) is 12.4 Å². The summed E-state index contributed by atoms with van der Waals surface area (Å²) in [5, 5.41) is 12.2. The van der Waals surface area contributed by atoms with Crippen LogP contribution in [0.25, 0.3) is 5.69 Å². The van der Waals surface area contributed by atoms with E-state index in [0.29, 0.717) is 30.3 Å². The largest absolute Gasteiger partial charge is 0.494 e. The van der Waals surface area contributed by atoms with E-state index in [1.54, 1.807) is 0 Å². The molecular weight excluding hydrogens is 539 g/mol. The fraction of sp³-hybridized carbons (Fsp3) is 0.304. The zero-order chi connectivity index (χ0) is 22.9. The maximum absolute atomic E-state index is 12.6. The number of rotatable bonds is 11. The first kappa shape index (κ1) is 24.2. The first-order valence-corrected chi connectivity index (χ1v) is 12.4. The van der Waals surface area contributed by atoms with Crippen LogP contribution >= 0.6 is 34.4 Å². The second-order valence-electron chi connectivity index (χ2n) is 6.97. The molecular formula is C23H25IN4O3S. The molecule has 0 saturated carbocycles. The lowest BCUT2D eigenvalue weighted by molar-refractivity contribution is -0.118. The molecule has 0 bridgehead atoms. The highest BCUT2D eigenvalue weighted by atomic mass is 127. The smallest absolute Gasteiger partial charge is 0.216 e. The molecule has 0 saturated heterocycles. The van der Waals surface area contributed by atoms with E-state index in [0.717, 1.165) is 27.3 Å². The summed E-state index contributed by atoms with van der Waals surface area (Å²) in [7, 11) is 0. The second-order valence-corrected chi connectivity index (χ2v) is 9.15. The third kappa shape index (κ3) is 6.80. The van der Waals surface area contributed by atoms with Gasteiger partial charge in [-0.15, -0.1) is 10.2 Å². The Morgan fingerprint density at radius 2 is 1.81 bits per heavy atom. The van der Waals surface area contributed by atoms with Gasteiger partial charge in [0, 0.05) is 34.7 Å². The minimum Gasteiger partial charge on any atom is -0.494 e. The number of aryl methyl sites for hydroxylation is 1. The van der Waals surface area contributed by atoms with E-state index in [-0.39, 0.29) is 17.4 Å². The normalized spacial score (nSPS) is 10.7. The number of carbonyl (C=O) groups excluding carboxylic acids is 2. The van der Waals surface area contributed by atoms with E-state index >= 15 is 0 Å². The number of nitrogens with zero attached hydrogens (tertiary/aromatic N) is 3. The van der Waals surface area contributed by atoms with Crippen molar-refractivity contribution in [2.75, 3.05) is 18.9 Å². The van der Waals surface area contributed by atoms with Gasteiger partial charge in [0.2, 0.25) is 5.91 Å². The molecule has 2 aromatic carbocycles. The first-order chi connectivity index (χ1) is 15.5. The molecule has 168 valence electrons. The number of benzene rings is 2. The van der Waals surface area contributed by atoms with Gasteiger partial charge in [-0.3, -0.25) is 14.2 Å². The summed E-state index contributed by atoms with van der Waals surface area (Å²) < 4.78 is 8.60. The molecule has 0 spiro atoms. The van der Waals surface area contributed by atoms with Crippen molar-refractivity contribution in [2.24, 2.45) is 0 Å². The predicted octanol–water partition coefficient (Wildman–Crippen LogP) is 4.31. The monoisotopic (exact) mass is 564 g/mol. The van der Waals surface area contributed by atoms with Crippen molar-refractivity contribution in [3.05, 3.63) is 63.5 Å². The topological polar surface area (TPSA) is 86.1 Å². The molecule has 3 aromatic rings. The minimum atomic E-state index is -0.0525. The van der Waals surface area contributed by atoms with Crippen molar-refractivity contribution in [3.63, 3.8) is 0 Å². The number of carbonyl (C=O) groups is 2. The van der Waals surface area contributed by atoms with Crippen LogP contribution in [-0.2, 0) is 11.2 Å². The van der Waals surface area contributed by atoms with Crippen LogP contribution < -0.4 is 10.1 Å². The number of hydrogen-bond donors (Lipinski definition) is 1. The summed E-state index contributed by atoms with van der Waals surface area (Å²) in [5.41, 5.74) is 1.58. The molecule has 0 unspecified atom stereocenters. The van der Waals surface area contributed by atoms with Gasteiger partial charge in [0.1, 0.15) is 11.6 Å². The van der Waals surface area contributed by atoms with Gasteiger partial charge >= 0.3 is 0 Å². The van der Waals surface area contributed by atoms with Crippen LogP contribution in [0.2, 0.25) is 0 Å². The Bertz CT molecular complexity index is 1050. The number of aromatic nitrogens is 3. The number of hydrogen-bond acceptors (Lipinski definition) is 6. The Labute approximate surface area is 205 Å². The summed E-state index contributed by atoms with van der Waals surface area (Å²) in [4.78, 5) is 23.8. The van der Waals surface area contributed by atoms with Gasteiger partial charge in [0.25, 0.3) is 0 Å². The maximum Gasteiger partial charge on any atom is 0.216 e. The van der Waals surface area contributed by atoms with E-state index in [4.69, 9.17) is 4.74 Å². The molecule has 9 heteroatoms. The van der Waals surface area contributed by atoms with Crippen molar-refractivity contribution >= 4 is 46.0 Å². The Kier molecular flexibility index (Phi) is 9.10. The molecule has 1 N–H and O–H groups in total. The standard InChI is InChI=1S/C23H25IN4O3S/c1-3-31-20-12-10-19(11-13-20)28-22(5-4-14-25-16(2)29)26-27-23(28)32-15-21(30)17-6-8-18(24)9-7-17/h6-13H,3-5,14-15H2,1-2H3,(H,25,29). The lowest BCUT2D eigenvalue weighted by atomic mass is 10.2. The Hall–Kier alpha value is -2.40. The number of amides is 1. The molecule has 0 atom stereocenters. The highest BCUT2D eigenvalue weighted by Gasteiger charge is 2.16. The summed E-state index contributed by atoms with van der Waals surface area (Å²) in [5.74, 6) is 1.83. The average molecular weight is 564 g/mol. The van der Waals surface area contributed by atoms with Gasteiger partial charge < -0.3 is 10.1 Å². The summed E-state index contributed by atoms with van der Waals surface area (Å²) >= 11 is 3.58. The van der Waals surface area contributed by atoms with Crippen LogP contribution in [0, 0.1) is 3.57 Å². The summed E-state index contributed by atoms with van der Waals surface area (Å²) in [6, 6.07) is 15.3. The molecule has 1 aromatic heterocycles. The Morgan fingerprint density at radius 1 is 1.09 bits per heavy atom. The van der Waals surface area contributed by atoms with Crippen LogP contribution in [0.5, 0.6) is 5.75 Å². The molecule has 1 amide bonds. The van der Waals surface area contributed by atoms with Crippen LogP contribution in [-0.4, -0.2) is 45.4 Å². The van der Waals surface area contributed by atoms with Crippen molar-refractivity contribution in [1.29, 1.82) is 0 Å². The predicted molar refractivity (Wildman–Crippen MR) is 134 cm³/mol. The third-order valence-electron chi connectivity index (χ3n) is 4.56. The molecule has 0 aliphatic rings.